The van der Waals surface area contributed by atoms with E-state index in [0.717, 1.165) is 5.56 Å². The van der Waals surface area contributed by atoms with Gasteiger partial charge in [0.2, 0.25) is 0 Å². The summed E-state index contributed by atoms with van der Waals surface area (Å²) in [5.74, 6) is -0.262. The van der Waals surface area contributed by atoms with Crippen LogP contribution in [0.3, 0.4) is 0 Å². The molecule has 0 bridgehead atoms. The van der Waals surface area contributed by atoms with Crippen molar-refractivity contribution in [1.82, 2.24) is 0 Å². The first-order chi connectivity index (χ1) is 5.04. The SMILES string of the molecule is Cc1cc(N)c(C)c(F)c1Br. The molecule has 1 rings (SSSR count). The van der Waals surface area contributed by atoms with Crippen LogP contribution in [0.5, 0.6) is 0 Å². The van der Waals surface area contributed by atoms with Crippen molar-refractivity contribution in [3.8, 4) is 0 Å². The number of hydrogen-bond donors (Lipinski definition) is 1. The molecule has 0 aliphatic carbocycles. The highest BCUT2D eigenvalue weighted by molar-refractivity contribution is 9.10. The zero-order valence-corrected chi connectivity index (χ0v) is 8.00. The van der Waals surface area contributed by atoms with E-state index in [0.29, 0.717) is 15.7 Å². The Labute approximate surface area is 73.5 Å². The van der Waals surface area contributed by atoms with E-state index in [1.165, 1.54) is 0 Å². The van der Waals surface area contributed by atoms with Crippen molar-refractivity contribution in [2.45, 2.75) is 13.8 Å². The summed E-state index contributed by atoms with van der Waals surface area (Å²) in [6.07, 6.45) is 0. The van der Waals surface area contributed by atoms with Gasteiger partial charge in [-0.15, -0.1) is 0 Å². The van der Waals surface area contributed by atoms with Gasteiger partial charge in [0.05, 0.1) is 4.47 Å². The van der Waals surface area contributed by atoms with Gasteiger partial charge in [0.1, 0.15) is 5.82 Å². The van der Waals surface area contributed by atoms with E-state index in [4.69, 9.17) is 5.73 Å². The third-order valence-corrected chi connectivity index (χ3v) is 2.65. The largest absolute Gasteiger partial charge is 0.398 e. The molecular weight excluding hydrogens is 209 g/mol. The Bertz CT molecular complexity index is 270. The fourth-order valence-corrected chi connectivity index (χ4v) is 1.28. The van der Waals surface area contributed by atoms with Crippen LogP contribution in [-0.2, 0) is 0 Å². The van der Waals surface area contributed by atoms with Crippen LogP contribution < -0.4 is 5.73 Å². The molecule has 60 valence electrons. The summed E-state index contributed by atoms with van der Waals surface area (Å²) in [7, 11) is 0. The van der Waals surface area contributed by atoms with Crippen LogP contribution in [0, 0.1) is 19.7 Å². The summed E-state index contributed by atoms with van der Waals surface area (Å²) >= 11 is 3.13. The summed E-state index contributed by atoms with van der Waals surface area (Å²) in [6, 6.07) is 1.75. The molecule has 0 heterocycles. The van der Waals surface area contributed by atoms with Crippen LogP contribution in [0.4, 0.5) is 10.1 Å². The van der Waals surface area contributed by atoms with Gasteiger partial charge in [-0.05, 0) is 41.4 Å². The van der Waals surface area contributed by atoms with Crippen LogP contribution in [0.15, 0.2) is 10.5 Å². The van der Waals surface area contributed by atoms with Crippen LogP contribution >= 0.6 is 15.9 Å². The zero-order valence-electron chi connectivity index (χ0n) is 6.41. The maximum Gasteiger partial charge on any atom is 0.142 e. The third kappa shape index (κ3) is 1.38. The van der Waals surface area contributed by atoms with Crippen LogP contribution in [0.25, 0.3) is 0 Å². The number of aryl methyl sites for hydroxylation is 1. The van der Waals surface area contributed by atoms with Gasteiger partial charge in [-0.25, -0.2) is 4.39 Å². The van der Waals surface area contributed by atoms with Crippen molar-refractivity contribution < 1.29 is 4.39 Å². The van der Waals surface area contributed by atoms with Crippen molar-refractivity contribution in [2.75, 3.05) is 5.73 Å². The minimum atomic E-state index is -0.262. The van der Waals surface area contributed by atoms with E-state index < -0.39 is 0 Å². The van der Waals surface area contributed by atoms with E-state index in [-0.39, 0.29) is 5.82 Å². The first kappa shape index (κ1) is 8.53. The monoisotopic (exact) mass is 217 g/mol. The van der Waals surface area contributed by atoms with Gasteiger partial charge >= 0.3 is 0 Å². The predicted octanol–water partition coefficient (Wildman–Crippen LogP) is 2.79. The molecule has 11 heavy (non-hydrogen) atoms. The van der Waals surface area contributed by atoms with Crippen LogP contribution in [0.1, 0.15) is 11.1 Å². The molecule has 3 heteroatoms. The second-order valence-electron chi connectivity index (χ2n) is 2.54. The number of benzene rings is 1. The van der Waals surface area contributed by atoms with Crippen molar-refractivity contribution in [2.24, 2.45) is 0 Å². The molecule has 0 unspecified atom stereocenters. The number of halogens is 2. The Morgan fingerprint density at radius 2 is 2.00 bits per heavy atom. The molecule has 0 saturated carbocycles. The molecule has 0 amide bonds. The smallest absolute Gasteiger partial charge is 0.142 e. The molecule has 0 aromatic heterocycles. The fourth-order valence-electron chi connectivity index (χ4n) is 0.869. The lowest BCUT2D eigenvalue weighted by molar-refractivity contribution is 0.611. The highest BCUT2D eigenvalue weighted by Crippen LogP contribution is 2.26. The van der Waals surface area contributed by atoms with Crippen LogP contribution in [0.2, 0.25) is 0 Å². The minimum Gasteiger partial charge on any atom is -0.398 e. The second-order valence-corrected chi connectivity index (χ2v) is 3.33. The molecule has 1 nitrogen and oxygen atoms in total. The normalized spacial score (nSPS) is 10.2. The molecule has 0 saturated heterocycles. The number of anilines is 1. The second kappa shape index (κ2) is 2.81. The predicted molar refractivity (Wildman–Crippen MR) is 48.0 cm³/mol. The summed E-state index contributed by atoms with van der Waals surface area (Å²) in [5, 5.41) is 0. The molecule has 1 aromatic rings. The van der Waals surface area contributed by atoms with E-state index in [9.17, 15) is 4.39 Å². The highest BCUT2D eigenvalue weighted by Gasteiger charge is 2.08. The van der Waals surface area contributed by atoms with Gasteiger partial charge in [0, 0.05) is 11.3 Å². The van der Waals surface area contributed by atoms with Crippen LogP contribution in [-0.4, -0.2) is 0 Å². The maximum atomic E-state index is 13.1. The molecule has 2 N–H and O–H groups in total. The summed E-state index contributed by atoms with van der Waals surface area (Å²) in [6.45, 7) is 3.47. The average molecular weight is 218 g/mol. The molecule has 0 radical (unpaired) electrons. The lowest BCUT2D eigenvalue weighted by Gasteiger charge is -2.05. The standard InChI is InChI=1S/C8H9BrFN/c1-4-3-6(11)5(2)8(10)7(4)9/h3H,11H2,1-2H3. The fraction of sp³-hybridized carbons (Fsp3) is 0.250. The van der Waals surface area contributed by atoms with Gasteiger partial charge in [-0.2, -0.15) is 0 Å². The van der Waals surface area contributed by atoms with Crippen molar-refractivity contribution >= 4 is 21.6 Å². The Hall–Kier alpha value is -0.570. The lowest BCUT2D eigenvalue weighted by Crippen LogP contribution is -1.95. The molecule has 0 fully saturated rings. The van der Waals surface area contributed by atoms with Gasteiger partial charge in [-0.1, -0.05) is 0 Å². The molecule has 1 aromatic carbocycles. The zero-order chi connectivity index (χ0) is 8.59. The van der Waals surface area contributed by atoms with Gasteiger partial charge in [0.25, 0.3) is 0 Å². The quantitative estimate of drug-likeness (QED) is 0.665. The number of hydrogen-bond acceptors (Lipinski definition) is 1. The molecular formula is C8H9BrFN. The maximum absolute atomic E-state index is 13.1. The number of nitrogens with two attached hydrogens (primary N) is 1. The Morgan fingerprint density at radius 1 is 1.45 bits per heavy atom. The van der Waals surface area contributed by atoms with Gasteiger partial charge in [0.15, 0.2) is 0 Å². The summed E-state index contributed by atoms with van der Waals surface area (Å²) in [4.78, 5) is 0. The lowest BCUT2D eigenvalue weighted by atomic mass is 10.1. The molecule has 0 aliphatic rings. The van der Waals surface area contributed by atoms with Crippen molar-refractivity contribution in [3.05, 3.63) is 27.5 Å². The van der Waals surface area contributed by atoms with Crippen molar-refractivity contribution in [1.29, 1.82) is 0 Å². The summed E-state index contributed by atoms with van der Waals surface area (Å²) < 4.78 is 13.6. The third-order valence-electron chi connectivity index (χ3n) is 1.67. The Kier molecular flexibility index (Phi) is 2.18. The number of rotatable bonds is 0. The van der Waals surface area contributed by atoms with E-state index in [1.807, 2.05) is 6.92 Å². The highest BCUT2D eigenvalue weighted by atomic mass is 79.9. The topological polar surface area (TPSA) is 26.0 Å². The molecule has 0 aliphatic heterocycles. The first-order valence-electron chi connectivity index (χ1n) is 3.24. The van der Waals surface area contributed by atoms with E-state index in [2.05, 4.69) is 15.9 Å². The first-order valence-corrected chi connectivity index (χ1v) is 4.04. The van der Waals surface area contributed by atoms with E-state index in [1.54, 1.807) is 13.0 Å². The minimum absolute atomic E-state index is 0.262. The summed E-state index contributed by atoms with van der Waals surface area (Å²) in [5.41, 5.74) is 7.36. The Morgan fingerprint density at radius 3 is 2.55 bits per heavy atom. The van der Waals surface area contributed by atoms with E-state index >= 15 is 0 Å². The average Bonchev–Trinajstić information content (AvgIpc) is 1.97. The van der Waals surface area contributed by atoms with Gasteiger partial charge < -0.3 is 5.73 Å². The Balaban J connectivity index is 3.46. The molecule has 0 spiro atoms. The molecule has 0 atom stereocenters. The van der Waals surface area contributed by atoms with Crippen molar-refractivity contribution in [3.63, 3.8) is 0 Å². The van der Waals surface area contributed by atoms with Gasteiger partial charge in [-0.3, -0.25) is 0 Å². The number of nitrogen functional groups attached to an aromatic ring is 1.